The Morgan fingerprint density at radius 2 is 2.20 bits per heavy atom. The minimum Gasteiger partial charge on any atom is -0.386 e. The Labute approximate surface area is 119 Å². The van der Waals surface area contributed by atoms with E-state index in [1.165, 1.54) is 0 Å². The molecule has 0 spiro atoms. The number of carbonyl (C=O) groups excluding carboxylic acids is 1. The van der Waals surface area contributed by atoms with E-state index in [1.807, 2.05) is 37.3 Å². The zero-order valence-corrected chi connectivity index (χ0v) is 11.9. The van der Waals surface area contributed by atoms with E-state index < -0.39 is 5.60 Å². The monoisotopic (exact) mass is 278 g/mol. The van der Waals surface area contributed by atoms with Gasteiger partial charge in [-0.3, -0.25) is 4.79 Å². The van der Waals surface area contributed by atoms with Crippen LogP contribution in [0.4, 0.5) is 5.69 Å². The van der Waals surface area contributed by atoms with Gasteiger partial charge in [0.25, 0.3) is 0 Å². The second-order valence-electron chi connectivity index (χ2n) is 5.32. The summed E-state index contributed by atoms with van der Waals surface area (Å²) in [5, 5.41) is 16.3. The molecule has 20 heavy (non-hydrogen) atoms. The Morgan fingerprint density at radius 3 is 2.80 bits per heavy atom. The Hall–Kier alpha value is -1.43. The number of nitrogens with one attached hydrogen (secondary N) is 2. The van der Waals surface area contributed by atoms with E-state index in [-0.39, 0.29) is 18.1 Å². The van der Waals surface area contributed by atoms with Crippen LogP contribution in [0.2, 0.25) is 0 Å². The predicted molar refractivity (Wildman–Crippen MR) is 77.5 cm³/mol. The molecule has 1 fully saturated rings. The number of hydrogen-bond donors (Lipinski definition) is 3. The van der Waals surface area contributed by atoms with E-state index in [4.69, 9.17) is 4.74 Å². The van der Waals surface area contributed by atoms with Crippen LogP contribution >= 0.6 is 0 Å². The van der Waals surface area contributed by atoms with Crippen LogP contribution in [-0.2, 0) is 9.53 Å². The average molecular weight is 278 g/mol. The molecule has 1 saturated heterocycles. The Morgan fingerprint density at radius 1 is 1.50 bits per heavy atom. The second-order valence-corrected chi connectivity index (χ2v) is 5.32. The number of anilines is 1. The van der Waals surface area contributed by atoms with Crippen LogP contribution in [0.25, 0.3) is 0 Å². The molecule has 0 aliphatic carbocycles. The number of amides is 1. The second kappa shape index (κ2) is 6.35. The lowest BCUT2D eigenvalue weighted by Gasteiger charge is -2.27. The molecule has 1 aliphatic rings. The summed E-state index contributed by atoms with van der Waals surface area (Å²) in [5.41, 5.74) is -0.121. The topological polar surface area (TPSA) is 70.6 Å². The lowest BCUT2D eigenvalue weighted by Crippen LogP contribution is -2.50. The van der Waals surface area contributed by atoms with Gasteiger partial charge in [0.05, 0.1) is 12.1 Å². The Kier molecular flexibility index (Phi) is 4.75. The van der Waals surface area contributed by atoms with Crippen molar-refractivity contribution in [3.8, 4) is 0 Å². The van der Waals surface area contributed by atoms with Gasteiger partial charge in [-0.15, -0.1) is 0 Å². The van der Waals surface area contributed by atoms with Gasteiger partial charge in [0.2, 0.25) is 5.91 Å². The molecule has 1 heterocycles. The minimum atomic E-state index is -0.888. The fraction of sp³-hybridized carbons (Fsp3) is 0.533. The number of rotatable bonds is 5. The molecule has 0 saturated carbocycles. The summed E-state index contributed by atoms with van der Waals surface area (Å²) in [4.78, 5) is 12.0. The standard InChI is InChI=1S/C15H22N2O3/c1-11(14(18)17-13-6-4-3-5-7-13)16-10-15(19)8-9-20-12(15)2/h3-7,11-12,16,19H,8-10H2,1-2H3,(H,17,18). The van der Waals surface area contributed by atoms with Gasteiger partial charge in [-0.2, -0.15) is 0 Å². The van der Waals surface area contributed by atoms with Gasteiger partial charge < -0.3 is 20.5 Å². The number of ether oxygens (including phenoxy) is 1. The third-order valence-electron chi connectivity index (χ3n) is 3.81. The smallest absolute Gasteiger partial charge is 0.241 e. The SMILES string of the molecule is CC(NCC1(O)CCOC1C)C(=O)Nc1ccccc1. The van der Waals surface area contributed by atoms with Crippen LogP contribution < -0.4 is 10.6 Å². The molecule has 3 atom stereocenters. The first-order chi connectivity index (χ1) is 9.51. The molecule has 1 aliphatic heterocycles. The van der Waals surface area contributed by atoms with E-state index in [1.54, 1.807) is 6.92 Å². The van der Waals surface area contributed by atoms with Crippen molar-refractivity contribution in [2.45, 2.75) is 38.0 Å². The van der Waals surface area contributed by atoms with Crippen LogP contribution in [0, 0.1) is 0 Å². The van der Waals surface area contributed by atoms with Crippen LogP contribution in [0.15, 0.2) is 30.3 Å². The van der Waals surface area contributed by atoms with Crippen molar-refractivity contribution in [3.63, 3.8) is 0 Å². The van der Waals surface area contributed by atoms with Gasteiger partial charge in [-0.25, -0.2) is 0 Å². The number of benzene rings is 1. The van der Waals surface area contributed by atoms with Crippen molar-refractivity contribution in [1.82, 2.24) is 5.32 Å². The van der Waals surface area contributed by atoms with E-state index in [2.05, 4.69) is 10.6 Å². The van der Waals surface area contributed by atoms with Crippen LogP contribution in [0.5, 0.6) is 0 Å². The molecule has 1 aromatic rings. The van der Waals surface area contributed by atoms with Gasteiger partial charge in [0.1, 0.15) is 5.60 Å². The fourth-order valence-electron chi connectivity index (χ4n) is 2.20. The maximum absolute atomic E-state index is 12.0. The van der Waals surface area contributed by atoms with Crippen molar-refractivity contribution < 1.29 is 14.6 Å². The zero-order chi connectivity index (χ0) is 14.6. The van der Waals surface area contributed by atoms with Gasteiger partial charge in [0, 0.05) is 25.3 Å². The number of carbonyl (C=O) groups is 1. The maximum atomic E-state index is 12.0. The molecular weight excluding hydrogens is 256 g/mol. The lowest BCUT2D eigenvalue weighted by molar-refractivity contribution is -0.118. The van der Waals surface area contributed by atoms with E-state index in [9.17, 15) is 9.90 Å². The first kappa shape index (κ1) is 15.0. The molecule has 2 rings (SSSR count). The maximum Gasteiger partial charge on any atom is 0.241 e. The van der Waals surface area contributed by atoms with Crippen molar-refractivity contribution >= 4 is 11.6 Å². The predicted octanol–water partition coefficient (Wildman–Crippen LogP) is 1.14. The molecule has 0 aromatic heterocycles. The van der Waals surface area contributed by atoms with Crippen molar-refractivity contribution in [2.75, 3.05) is 18.5 Å². The van der Waals surface area contributed by atoms with Crippen molar-refractivity contribution in [3.05, 3.63) is 30.3 Å². The number of aliphatic hydroxyl groups is 1. The highest BCUT2D eigenvalue weighted by atomic mass is 16.5. The molecule has 0 bridgehead atoms. The largest absolute Gasteiger partial charge is 0.386 e. The Bertz CT molecular complexity index is 452. The van der Waals surface area contributed by atoms with Gasteiger partial charge in [-0.05, 0) is 26.0 Å². The number of hydrogen-bond acceptors (Lipinski definition) is 4. The highest BCUT2D eigenvalue weighted by Gasteiger charge is 2.39. The molecule has 3 N–H and O–H groups in total. The van der Waals surface area contributed by atoms with Crippen molar-refractivity contribution in [1.29, 1.82) is 0 Å². The normalized spacial score (nSPS) is 27.2. The van der Waals surface area contributed by atoms with Gasteiger partial charge >= 0.3 is 0 Å². The minimum absolute atomic E-state index is 0.119. The summed E-state index contributed by atoms with van der Waals surface area (Å²) in [6.45, 7) is 4.53. The number of para-hydroxylation sites is 1. The summed E-state index contributed by atoms with van der Waals surface area (Å²) in [6, 6.07) is 8.93. The lowest BCUT2D eigenvalue weighted by atomic mass is 9.96. The van der Waals surface area contributed by atoms with Crippen LogP contribution in [0.3, 0.4) is 0 Å². The van der Waals surface area contributed by atoms with E-state index in [0.29, 0.717) is 19.6 Å². The summed E-state index contributed by atoms with van der Waals surface area (Å²) in [5.74, 6) is -0.119. The Balaban J connectivity index is 1.82. The zero-order valence-electron chi connectivity index (χ0n) is 11.9. The third kappa shape index (κ3) is 3.56. The van der Waals surface area contributed by atoms with Crippen molar-refractivity contribution in [2.24, 2.45) is 0 Å². The third-order valence-corrected chi connectivity index (χ3v) is 3.81. The molecule has 5 heteroatoms. The van der Waals surface area contributed by atoms with Crippen LogP contribution in [0.1, 0.15) is 20.3 Å². The molecular formula is C15H22N2O3. The van der Waals surface area contributed by atoms with Gasteiger partial charge in [0.15, 0.2) is 0 Å². The molecule has 3 unspecified atom stereocenters. The first-order valence-electron chi connectivity index (χ1n) is 6.94. The first-order valence-corrected chi connectivity index (χ1v) is 6.94. The summed E-state index contributed by atoms with van der Waals surface area (Å²) < 4.78 is 5.37. The molecule has 0 radical (unpaired) electrons. The molecule has 1 amide bonds. The molecule has 1 aromatic carbocycles. The van der Waals surface area contributed by atoms with E-state index >= 15 is 0 Å². The average Bonchev–Trinajstić information content (AvgIpc) is 2.77. The highest BCUT2D eigenvalue weighted by Crippen LogP contribution is 2.24. The summed E-state index contributed by atoms with van der Waals surface area (Å²) in [7, 11) is 0. The summed E-state index contributed by atoms with van der Waals surface area (Å²) in [6.07, 6.45) is 0.383. The molecule has 110 valence electrons. The highest BCUT2D eigenvalue weighted by molar-refractivity contribution is 5.94. The van der Waals surface area contributed by atoms with Crippen LogP contribution in [-0.4, -0.2) is 41.9 Å². The fourth-order valence-corrected chi connectivity index (χ4v) is 2.20. The van der Waals surface area contributed by atoms with Gasteiger partial charge in [-0.1, -0.05) is 18.2 Å². The molecule has 5 nitrogen and oxygen atoms in total. The quantitative estimate of drug-likeness (QED) is 0.755. The van der Waals surface area contributed by atoms with E-state index in [0.717, 1.165) is 5.69 Å². The summed E-state index contributed by atoms with van der Waals surface area (Å²) >= 11 is 0.